The molecule has 0 saturated carbocycles. The molecule has 35 heavy (non-hydrogen) atoms. The van der Waals surface area contributed by atoms with Gasteiger partial charge >= 0.3 is 24.1 Å². The first-order valence-corrected chi connectivity index (χ1v) is 11.4. The summed E-state index contributed by atoms with van der Waals surface area (Å²) in [7, 11) is 0. The number of rotatable bonds is 6. The van der Waals surface area contributed by atoms with Crippen molar-refractivity contribution in [3.63, 3.8) is 0 Å². The lowest BCUT2D eigenvalue weighted by molar-refractivity contribution is -0.186. The van der Waals surface area contributed by atoms with E-state index in [9.17, 15) is 27.6 Å². The van der Waals surface area contributed by atoms with E-state index in [0.29, 0.717) is 11.1 Å². The number of pyridine rings is 1. The molecule has 2 heterocycles. The Labute approximate surface area is 203 Å². The molecule has 1 saturated heterocycles. The zero-order valence-electron chi connectivity index (χ0n) is 18.9. The van der Waals surface area contributed by atoms with Crippen molar-refractivity contribution in [2.24, 2.45) is 0 Å². The summed E-state index contributed by atoms with van der Waals surface area (Å²) < 4.78 is 60.5. The van der Waals surface area contributed by atoms with Gasteiger partial charge in [-0.3, -0.25) is 19.4 Å². The first-order chi connectivity index (χ1) is 16.4. The highest BCUT2D eigenvalue weighted by Gasteiger charge is 2.47. The number of aromatic nitrogens is 1. The standard InChI is InChI=1S/C23H22F3NO7S/c1-12(28)31-19-11-35-22(21(33-14(3)30)20(19)32-13(2)29)34-18-8-16(9-27-10-18)15-4-6-17(7-5-15)23(24,25)26/h4-10,19-22H,11H2,1-3H3/t19-,20+,21-,22?/m1/s1. The molecule has 1 aromatic carbocycles. The molecule has 1 aliphatic rings. The fraction of sp³-hybridized carbons (Fsp3) is 0.391. The predicted molar refractivity (Wildman–Crippen MR) is 118 cm³/mol. The molecule has 1 aromatic heterocycles. The lowest BCUT2D eigenvalue weighted by atomic mass is 10.1. The Morgan fingerprint density at radius 1 is 0.886 bits per heavy atom. The van der Waals surface area contributed by atoms with Gasteiger partial charge in [-0.1, -0.05) is 12.1 Å². The summed E-state index contributed by atoms with van der Waals surface area (Å²) in [4.78, 5) is 39.1. The van der Waals surface area contributed by atoms with Crippen LogP contribution in [0.2, 0.25) is 0 Å². The quantitative estimate of drug-likeness (QED) is 0.419. The maximum Gasteiger partial charge on any atom is 0.416 e. The number of nitrogens with zero attached hydrogens (tertiary/aromatic N) is 1. The highest BCUT2D eigenvalue weighted by molar-refractivity contribution is 7.99. The number of hydrogen-bond acceptors (Lipinski definition) is 9. The van der Waals surface area contributed by atoms with E-state index in [4.69, 9.17) is 18.9 Å². The molecule has 12 heteroatoms. The minimum absolute atomic E-state index is 0.186. The van der Waals surface area contributed by atoms with Crippen LogP contribution in [0.3, 0.4) is 0 Å². The van der Waals surface area contributed by atoms with Crippen molar-refractivity contribution in [3.8, 4) is 16.9 Å². The van der Waals surface area contributed by atoms with Gasteiger partial charge in [0.05, 0.1) is 11.8 Å². The van der Waals surface area contributed by atoms with Gasteiger partial charge in [-0.05, 0) is 23.8 Å². The van der Waals surface area contributed by atoms with Crippen molar-refractivity contribution in [3.05, 3.63) is 48.3 Å². The number of ether oxygens (including phenoxy) is 4. The van der Waals surface area contributed by atoms with Crippen LogP contribution in [-0.2, 0) is 34.8 Å². The van der Waals surface area contributed by atoms with Gasteiger partial charge in [-0.25, -0.2) is 0 Å². The molecular weight excluding hydrogens is 491 g/mol. The summed E-state index contributed by atoms with van der Waals surface area (Å²) in [5, 5.41) is 0. The Morgan fingerprint density at radius 3 is 2.06 bits per heavy atom. The molecule has 2 aromatic rings. The van der Waals surface area contributed by atoms with Gasteiger partial charge in [-0.15, -0.1) is 11.8 Å². The van der Waals surface area contributed by atoms with Gasteiger partial charge in [0.2, 0.25) is 0 Å². The van der Waals surface area contributed by atoms with E-state index in [2.05, 4.69) is 4.98 Å². The van der Waals surface area contributed by atoms with E-state index in [1.807, 2.05) is 0 Å². The maximum atomic E-state index is 12.9. The monoisotopic (exact) mass is 513 g/mol. The molecule has 0 N–H and O–H groups in total. The lowest BCUT2D eigenvalue weighted by Gasteiger charge is -2.39. The number of esters is 3. The molecule has 0 radical (unpaired) electrons. The Bertz CT molecular complexity index is 1080. The second kappa shape index (κ2) is 11.0. The summed E-state index contributed by atoms with van der Waals surface area (Å²) in [6, 6.07) is 6.15. The van der Waals surface area contributed by atoms with E-state index in [1.54, 1.807) is 6.07 Å². The molecule has 0 bridgehead atoms. The lowest BCUT2D eigenvalue weighted by Crippen LogP contribution is -2.55. The molecule has 188 valence electrons. The average Bonchev–Trinajstić information content (AvgIpc) is 2.76. The van der Waals surface area contributed by atoms with Crippen LogP contribution in [0.15, 0.2) is 42.7 Å². The Kier molecular flexibility index (Phi) is 8.26. The zero-order valence-corrected chi connectivity index (χ0v) is 19.7. The summed E-state index contributed by atoms with van der Waals surface area (Å²) in [5.41, 5.74) is -0.658. The van der Waals surface area contributed by atoms with Crippen LogP contribution in [0.25, 0.3) is 11.1 Å². The van der Waals surface area contributed by atoms with Crippen LogP contribution in [0.1, 0.15) is 26.3 Å². The van der Waals surface area contributed by atoms with Crippen molar-refractivity contribution in [2.75, 3.05) is 5.75 Å². The molecular formula is C23H22F3NO7S. The number of carbonyl (C=O) groups is 3. The minimum Gasteiger partial charge on any atom is -0.474 e. The predicted octanol–water partition coefficient (Wildman–Crippen LogP) is 4.01. The van der Waals surface area contributed by atoms with Crippen LogP contribution >= 0.6 is 11.8 Å². The summed E-state index contributed by atoms with van der Waals surface area (Å²) in [5.74, 6) is -1.50. The third kappa shape index (κ3) is 7.10. The van der Waals surface area contributed by atoms with Gasteiger partial charge in [0.25, 0.3) is 0 Å². The van der Waals surface area contributed by atoms with Crippen molar-refractivity contribution >= 4 is 29.7 Å². The van der Waals surface area contributed by atoms with E-state index < -0.39 is 53.4 Å². The SMILES string of the molecule is CC(=O)O[C@H]1[C@H](OC(C)=O)CSC(Oc2cncc(-c3ccc(C(F)(F)F)cc3)c2)[C@@H]1OC(C)=O. The fourth-order valence-electron chi connectivity index (χ4n) is 3.44. The minimum atomic E-state index is -4.45. The normalized spacial score (nSPS) is 22.1. The van der Waals surface area contributed by atoms with E-state index in [1.165, 1.54) is 57.1 Å². The van der Waals surface area contributed by atoms with Gasteiger partial charge in [-0.2, -0.15) is 13.2 Å². The van der Waals surface area contributed by atoms with Crippen LogP contribution in [0.5, 0.6) is 5.75 Å². The fourth-order valence-corrected chi connectivity index (χ4v) is 4.65. The van der Waals surface area contributed by atoms with Crippen LogP contribution in [0.4, 0.5) is 13.2 Å². The average molecular weight is 513 g/mol. The number of hydrogen-bond donors (Lipinski definition) is 0. The summed E-state index contributed by atoms with van der Waals surface area (Å²) in [6.45, 7) is 3.55. The third-order valence-corrected chi connectivity index (χ3v) is 6.03. The van der Waals surface area contributed by atoms with E-state index in [0.717, 1.165) is 12.1 Å². The number of alkyl halides is 3. The van der Waals surface area contributed by atoms with Crippen molar-refractivity contribution in [1.29, 1.82) is 0 Å². The van der Waals surface area contributed by atoms with Gasteiger partial charge < -0.3 is 18.9 Å². The molecule has 8 nitrogen and oxygen atoms in total. The van der Waals surface area contributed by atoms with Crippen molar-refractivity contribution < 1.29 is 46.5 Å². The van der Waals surface area contributed by atoms with Crippen molar-refractivity contribution in [2.45, 2.75) is 50.7 Å². The van der Waals surface area contributed by atoms with Crippen LogP contribution in [-0.4, -0.2) is 52.4 Å². The molecule has 0 spiro atoms. The highest BCUT2D eigenvalue weighted by atomic mass is 32.2. The van der Waals surface area contributed by atoms with Gasteiger partial charge in [0.1, 0.15) is 5.75 Å². The Morgan fingerprint density at radius 2 is 1.49 bits per heavy atom. The zero-order chi connectivity index (χ0) is 25.8. The first kappa shape index (κ1) is 26.3. The number of halogens is 3. The number of benzene rings is 1. The molecule has 1 aliphatic heterocycles. The number of thioether (sulfide) groups is 1. The summed E-state index contributed by atoms with van der Waals surface area (Å²) >= 11 is 1.17. The van der Waals surface area contributed by atoms with Crippen molar-refractivity contribution in [1.82, 2.24) is 4.98 Å². The molecule has 3 rings (SSSR count). The summed E-state index contributed by atoms with van der Waals surface area (Å²) in [6.07, 6.45) is -4.70. The van der Waals surface area contributed by atoms with Gasteiger partial charge in [0, 0.05) is 38.3 Å². The molecule has 4 atom stereocenters. The van der Waals surface area contributed by atoms with Crippen LogP contribution < -0.4 is 4.74 Å². The van der Waals surface area contributed by atoms with E-state index >= 15 is 0 Å². The second-order valence-electron chi connectivity index (χ2n) is 7.60. The second-order valence-corrected chi connectivity index (χ2v) is 8.73. The molecule has 1 fully saturated rings. The molecule has 0 aliphatic carbocycles. The molecule has 0 amide bonds. The van der Waals surface area contributed by atoms with E-state index in [-0.39, 0.29) is 11.5 Å². The largest absolute Gasteiger partial charge is 0.474 e. The smallest absolute Gasteiger partial charge is 0.416 e. The highest BCUT2D eigenvalue weighted by Crippen LogP contribution is 2.35. The topological polar surface area (TPSA) is 101 Å². The Hall–Kier alpha value is -3.28. The Balaban J connectivity index is 1.85. The maximum absolute atomic E-state index is 12.9. The van der Waals surface area contributed by atoms with Gasteiger partial charge in [0.15, 0.2) is 23.7 Å². The molecule has 1 unspecified atom stereocenters. The number of carbonyl (C=O) groups excluding carboxylic acids is 3. The first-order valence-electron chi connectivity index (χ1n) is 10.4. The third-order valence-electron chi connectivity index (χ3n) is 4.82. The van der Waals surface area contributed by atoms with Crippen LogP contribution in [0, 0.1) is 0 Å².